The number of nitrogens with zero attached hydrogens (tertiary/aromatic N) is 2. The van der Waals surface area contributed by atoms with Gasteiger partial charge in [0.2, 0.25) is 11.8 Å². The van der Waals surface area contributed by atoms with Gasteiger partial charge in [0.15, 0.2) is 0 Å². The minimum Gasteiger partial charge on any atom is -0.346 e. The Bertz CT molecular complexity index is 547. The Hall–Kier alpha value is -1.55. The Morgan fingerprint density at radius 3 is 2.81 bits per heavy atom. The summed E-state index contributed by atoms with van der Waals surface area (Å²) in [5, 5.41) is 0.662. The van der Waals surface area contributed by atoms with Gasteiger partial charge in [0.25, 0.3) is 0 Å². The summed E-state index contributed by atoms with van der Waals surface area (Å²) in [5.74, 6) is -0.132. The molecule has 0 radical (unpaired) electrons. The van der Waals surface area contributed by atoms with Crippen LogP contribution in [0.3, 0.4) is 0 Å². The van der Waals surface area contributed by atoms with E-state index in [2.05, 4.69) is 0 Å². The van der Waals surface area contributed by atoms with Gasteiger partial charge in [-0.15, -0.1) is 0 Å². The Labute approximate surface area is 130 Å². The molecule has 1 fully saturated rings. The fraction of sp³-hybridized carbons (Fsp3) is 0.500. The third kappa shape index (κ3) is 3.56. The highest BCUT2D eigenvalue weighted by Crippen LogP contribution is 2.26. The lowest BCUT2D eigenvalue weighted by atomic mass is 9.94. The van der Waals surface area contributed by atoms with E-state index >= 15 is 0 Å². The lowest BCUT2D eigenvalue weighted by Crippen LogP contribution is -2.43. The van der Waals surface area contributed by atoms with Crippen LogP contribution in [-0.4, -0.2) is 42.3 Å². The summed E-state index contributed by atoms with van der Waals surface area (Å²) in [6.45, 7) is 2.62. The summed E-state index contributed by atoms with van der Waals surface area (Å²) in [6, 6.07) is 7.46. The largest absolute Gasteiger partial charge is 0.346 e. The second-order valence-corrected chi connectivity index (χ2v) is 6.12. The molecule has 1 aromatic carbocycles. The third-order valence-corrected chi connectivity index (χ3v) is 4.50. The van der Waals surface area contributed by atoms with Crippen LogP contribution >= 0.6 is 11.6 Å². The first-order chi connectivity index (χ1) is 9.90. The zero-order valence-electron chi connectivity index (χ0n) is 12.7. The fourth-order valence-corrected chi connectivity index (χ4v) is 2.82. The smallest absolute Gasteiger partial charge is 0.226 e. The predicted octanol–water partition coefficient (Wildman–Crippen LogP) is 2.73. The van der Waals surface area contributed by atoms with E-state index < -0.39 is 0 Å². The van der Waals surface area contributed by atoms with E-state index in [9.17, 15) is 9.59 Å². The summed E-state index contributed by atoms with van der Waals surface area (Å²) in [7, 11) is 3.57. The van der Waals surface area contributed by atoms with E-state index in [1.165, 1.54) is 0 Å². The molecule has 0 unspecified atom stereocenters. The summed E-state index contributed by atoms with van der Waals surface area (Å²) in [4.78, 5) is 27.7. The van der Waals surface area contributed by atoms with Gasteiger partial charge in [-0.05, 0) is 31.0 Å². The number of carbonyl (C=O) groups excluding carboxylic acids is 2. The number of rotatable bonds is 3. The Morgan fingerprint density at radius 2 is 2.19 bits per heavy atom. The van der Waals surface area contributed by atoms with Crippen LogP contribution in [0.2, 0.25) is 5.02 Å². The third-order valence-electron chi connectivity index (χ3n) is 4.27. The van der Waals surface area contributed by atoms with Gasteiger partial charge in [-0.3, -0.25) is 9.59 Å². The number of piperidine rings is 1. The molecule has 21 heavy (non-hydrogen) atoms. The van der Waals surface area contributed by atoms with E-state index in [-0.39, 0.29) is 23.8 Å². The quantitative estimate of drug-likeness (QED) is 0.861. The number of likely N-dealkylation sites (tertiary alicyclic amines) is 1. The molecule has 5 heteroatoms. The molecule has 0 spiro atoms. The average molecular weight is 309 g/mol. The molecule has 0 bridgehead atoms. The highest BCUT2D eigenvalue weighted by atomic mass is 35.5. The standard InChI is InChI=1S/C16H21ClN2O2/c1-11(12-5-4-6-14(17)9-12)19(3)16(21)13-7-8-18(2)15(20)10-13/h4-6,9,11,13H,7-8,10H2,1-3H3/t11-,13-/m1/s1. The number of amides is 2. The van der Waals surface area contributed by atoms with Crippen molar-refractivity contribution >= 4 is 23.4 Å². The fourth-order valence-electron chi connectivity index (χ4n) is 2.62. The van der Waals surface area contributed by atoms with Crippen molar-refractivity contribution in [2.75, 3.05) is 20.6 Å². The maximum Gasteiger partial charge on any atom is 0.226 e. The van der Waals surface area contributed by atoms with E-state index in [4.69, 9.17) is 11.6 Å². The van der Waals surface area contributed by atoms with Crippen molar-refractivity contribution in [2.45, 2.75) is 25.8 Å². The maximum absolute atomic E-state index is 12.6. The first-order valence-electron chi connectivity index (χ1n) is 7.16. The monoisotopic (exact) mass is 308 g/mol. The van der Waals surface area contributed by atoms with Gasteiger partial charge < -0.3 is 9.80 Å². The molecule has 2 atom stereocenters. The number of benzene rings is 1. The molecule has 0 saturated carbocycles. The molecule has 4 nitrogen and oxygen atoms in total. The molecule has 0 aromatic heterocycles. The molecule has 114 valence electrons. The normalized spacial score (nSPS) is 20.3. The molecular weight excluding hydrogens is 288 g/mol. The van der Waals surface area contributed by atoms with Crippen molar-refractivity contribution < 1.29 is 9.59 Å². The number of halogens is 1. The molecule has 1 aliphatic heterocycles. The van der Waals surface area contributed by atoms with Crippen LogP contribution in [0.4, 0.5) is 0 Å². The summed E-state index contributed by atoms with van der Waals surface area (Å²) in [5.41, 5.74) is 0.998. The lowest BCUT2D eigenvalue weighted by molar-refractivity contribution is -0.144. The van der Waals surface area contributed by atoms with Crippen molar-refractivity contribution in [2.24, 2.45) is 5.92 Å². The number of carbonyl (C=O) groups is 2. The van der Waals surface area contributed by atoms with E-state index in [1.54, 1.807) is 23.9 Å². The highest BCUT2D eigenvalue weighted by Gasteiger charge is 2.32. The molecule has 0 aliphatic carbocycles. The Morgan fingerprint density at radius 1 is 1.48 bits per heavy atom. The molecule has 2 amide bonds. The van der Waals surface area contributed by atoms with Crippen molar-refractivity contribution in [1.29, 1.82) is 0 Å². The van der Waals surface area contributed by atoms with Crippen molar-refractivity contribution in [3.05, 3.63) is 34.9 Å². The Kier molecular flexibility index (Phi) is 4.88. The molecule has 1 aromatic rings. The van der Waals surface area contributed by atoms with Gasteiger partial charge in [-0.1, -0.05) is 23.7 Å². The van der Waals surface area contributed by atoms with E-state index in [1.807, 2.05) is 31.2 Å². The highest BCUT2D eigenvalue weighted by molar-refractivity contribution is 6.30. The van der Waals surface area contributed by atoms with Gasteiger partial charge >= 0.3 is 0 Å². The van der Waals surface area contributed by atoms with Gasteiger partial charge in [-0.2, -0.15) is 0 Å². The van der Waals surface area contributed by atoms with Gasteiger partial charge in [0.1, 0.15) is 0 Å². The number of hydrogen-bond donors (Lipinski definition) is 0. The first kappa shape index (κ1) is 15.8. The lowest BCUT2D eigenvalue weighted by Gasteiger charge is -2.33. The van der Waals surface area contributed by atoms with Crippen LogP contribution in [0.5, 0.6) is 0 Å². The minimum absolute atomic E-state index is 0.0314. The topological polar surface area (TPSA) is 40.6 Å². The van der Waals surface area contributed by atoms with Crippen LogP contribution in [0.1, 0.15) is 31.4 Å². The van der Waals surface area contributed by atoms with Crippen LogP contribution in [0, 0.1) is 5.92 Å². The zero-order valence-corrected chi connectivity index (χ0v) is 13.4. The van der Waals surface area contributed by atoms with Gasteiger partial charge in [0.05, 0.1) is 6.04 Å². The second-order valence-electron chi connectivity index (χ2n) is 5.69. The second kappa shape index (κ2) is 6.48. The Balaban J connectivity index is 2.07. The van der Waals surface area contributed by atoms with Gasteiger partial charge in [-0.25, -0.2) is 0 Å². The van der Waals surface area contributed by atoms with E-state index in [0.717, 1.165) is 12.0 Å². The summed E-state index contributed by atoms with van der Waals surface area (Å²) < 4.78 is 0. The summed E-state index contributed by atoms with van der Waals surface area (Å²) >= 11 is 6.00. The molecule has 1 aliphatic rings. The number of hydrogen-bond acceptors (Lipinski definition) is 2. The van der Waals surface area contributed by atoms with Crippen LogP contribution in [-0.2, 0) is 9.59 Å². The van der Waals surface area contributed by atoms with Gasteiger partial charge in [0, 0.05) is 38.0 Å². The molecule has 1 saturated heterocycles. The first-order valence-corrected chi connectivity index (χ1v) is 7.54. The molecule has 2 rings (SSSR count). The summed E-state index contributed by atoms with van der Waals surface area (Å²) in [6.07, 6.45) is 1.04. The van der Waals surface area contributed by atoms with Crippen LogP contribution in [0.25, 0.3) is 0 Å². The van der Waals surface area contributed by atoms with Crippen molar-refractivity contribution in [3.63, 3.8) is 0 Å². The minimum atomic E-state index is -0.208. The SMILES string of the molecule is C[C@H](c1cccc(Cl)c1)N(C)C(=O)[C@@H]1CCN(C)C(=O)C1. The van der Waals surface area contributed by atoms with Crippen LogP contribution < -0.4 is 0 Å². The molecule has 0 N–H and O–H groups in total. The van der Waals surface area contributed by atoms with Crippen molar-refractivity contribution in [3.8, 4) is 0 Å². The molecule has 1 heterocycles. The molecular formula is C16H21ClN2O2. The van der Waals surface area contributed by atoms with Crippen molar-refractivity contribution in [1.82, 2.24) is 9.80 Å². The maximum atomic E-state index is 12.6. The zero-order chi connectivity index (χ0) is 15.6. The average Bonchev–Trinajstić information content (AvgIpc) is 2.47. The predicted molar refractivity (Wildman–Crippen MR) is 83.0 cm³/mol. The van der Waals surface area contributed by atoms with Crippen LogP contribution in [0.15, 0.2) is 24.3 Å². The van der Waals surface area contributed by atoms with E-state index in [0.29, 0.717) is 18.0 Å².